The summed E-state index contributed by atoms with van der Waals surface area (Å²) in [6.07, 6.45) is -0.0270. The molecule has 0 saturated heterocycles. The van der Waals surface area contributed by atoms with Gasteiger partial charge in [-0.1, -0.05) is 36.4 Å². The maximum absolute atomic E-state index is 11.9. The van der Waals surface area contributed by atoms with Crippen molar-refractivity contribution in [3.63, 3.8) is 0 Å². The molecular formula is C20H26N2O4. The van der Waals surface area contributed by atoms with Gasteiger partial charge in [-0.15, -0.1) is 0 Å². The molecule has 0 aliphatic rings. The van der Waals surface area contributed by atoms with E-state index in [0.717, 1.165) is 11.1 Å². The van der Waals surface area contributed by atoms with Gasteiger partial charge in [0.25, 0.3) is 0 Å². The lowest BCUT2D eigenvalue weighted by Crippen LogP contribution is -2.31. The highest BCUT2D eigenvalue weighted by atomic mass is 16.5. The van der Waals surface area contributed by atoms with Gasteiger partial charge in [0.05, 0.1) is 19.6 Å². The van der Waals surface area contributed by atoms with Crippen LogP contribution in [0.3, 0.4) is 0 Å². The Balaban J connectivity index is 1.92. The monoisotopic (exact) mass is 358 g/mol. The van der Waals surface area contributed by atoms with Crippen LogP contribution in [0.15, 0.2) is 48.5 Å². The van der Waals surface area contributed by atoms with Crippen LogP contribution in [0.5, 0.6) is 11.5 Å². The minimum absolute atomic E-state index is 0.106. The van der Waals surface area contributed by atoms with Crippen LogP contribution in [0.1, 0.15) is 17.5 Å². The molecule has 6 heteroatoms. The SMILES string of the molecule is COc1cc(CNC(=O)CC(CN)OC)ccc1OCc1ccccc1. The van der Waals surface area contributed by atoms with Gasteiger partial charge in [0, 0.05) is 20.2 Å². The van der Waals surface area contributed by atoms with Crippen molar-refractivity contribution in [1.29, 1.82) is 0 Å². The average Bonchev–Trinajstić information content (AvgIpc) is 2.69. The number of methoxy groups -OCH3 is 2. The third-order valence-electron chi connectivity index (χ3n) is 3.96. The summed E-state index contributed by atoms with van der Waals surface area (Å²) in [7, 11) is 3.14. The Labute approximate surface area is 154 Å². The van der Waals surface area contributed by atoms with Gasteiger partial charge in [0.15, 0.2) is 11.5 Å². The first-order valence-corrected chi connectivity index (χ1v) is 8.49. The minimum atomic E-state index is -0.265. The van der Waals surface area contributed by atoms with Crippen LogP contribution in [0.4, 0.5) is 0 Å². The van der Waals surface area contributed by atoms with Gasteiger partial charge >= 0.3 is 0 Å². The fourth-order valence-electron chi connectivity index (χ4n) is 2.42. The van der Waals surface area contributed by atoms with E-state index in [9.17, 15) is 4.79 Å². The standard InChI is InChI=1S/C20H26N2O4/c1-24-17(12-21)11-20(23)22-13-16-8-9-18(19(10-16)25-2)26-14-15-6-4-3-5-7-15/h3-10,17H,11-14,21H2,1-2H3,(H,22,23). The minimum Gasteiger partial charge on any atom is -0.493 e. The Bertz CT molecular complexity index is 687. The molecule has 0 heterocycles. The Morgan fingerprint density at radius 3 is 2.50 bits per heavy atom. The number of nitrogens with two attached hydrogens (primary N) is 1. The molecule has 6 nitrogen and oxygen atoms in total. The molecular weight excluding hydrogens is 332 g/mol. The molecule has 2 rings (SSSR count). The molecule has 0 aliphatic heterocycles. The van der Waals surface area contributed by atoms with Crippen molar-refractivity contribution in [2.75, 3.05) is 20.8 Å². The highest BCUT2D eigenvalue weighted by Gasteiger charge is 2.12. The van der Waals surface area contributed by atoms with Crippen LogP contribution in [-0.2, 0) is 22.7 Å². The van der Waals surface area contributed by atoms with E-state index in [-0.39, 0.29) is 18.4 Å². The first kappa shape index (κ1) is 19.8. The van der Waals surface area contributed by atoms with Crippen LogP contribution >= 0.6 is 0 Å². The van der Waals surface area contributed by atoms with Crippen molar-refractivity contribution >= 4 is 5.91 Å². The third kappa shape index (κ3) is 6.06. The van der Waals surface area contributed by atoms with E-state index in [1.54, 1.807) is 14.2 Å². The maximum atomic E-state index is 11.9. The first-order chi connectivity index (χ1) is 12.7. The van der Waals surface area contributed by atoms with E-state index in [4.69, 9.17) is 19.9 Å². The van der Waals surface area contributed by atoms with Crippen LogP contribution in [0.2, 0.25) is 0 Å². The molecule has 3 N–H and O–H groups in total. The zero-order chi connectivity index (χ0) is 18.8. The molecule has 1 amide bonds. The van der Waals surface area contributed by atoms with Crippen molar-refractivity contribution < 1.29 is 19.0 Å². The molecule has 0 spiro atoms. The third-order valence-corrected chi connectivity index (χ3v) is 3.96. The molecule has 2 aromatic rings. The van der Waals surface area contributed by atoms with E-state index < -0.39 is 0 Å². The molecule has 0 radical (unpaired) electrons. The fraction of sp³-hybridized carbons (Fsp3) is 0.350. The second-order valence-corrected chi connectivity index (χ2v) is 5.83. The number of amides is 1. The smallest absolute Gasteiger partial charge is 0.222 e. The lowest BCUT2D eigenvalue weighted by molar-refractivity contribution is -0.123. The summed E-state index contributed by atoms with van der Waals surface area (Å²) in [6.45, 7) is 1.17. The molecule has 1 atom stereocenters. The largest absolute Gasteiger partial charge is 0.493 e. The van der Waals surface area contributed by atoms with Gasteiger partial charge in [-0.3, -0.25) is 4.79 Å². The summed E-state index contributed by atoms with van der Waals surface area (Å²) in [4.78, 5) is 11.9. The molecule has 0 aromatic heterocycles. The first-order valence-electron chi connectivity index (χ1n) is 8.49. The molecule has 0 fully saturated rings. The van der Waals surface area contributed by atoms with Gasteiger partial charge in [-0.05, 0) is 23.3 Å². The van der Waals surface area contributed by atoms with Crippen LogP contribution < -0.4 is 20.5 Å². The van der Waals surface area contributed by atoms with E-state index >= 15 is 0 Å². The van der Waals surface area contributed by atoms with E-state index in [1.165, 1.54) is 0 Å². The van der Waals surface area contributed by atoms with Crippen molar-refractivity contribution in [1.82, 2.24) is 5.32 Å². The second kappa shape index (κ2) is 10.4. The van der Waals surface area contributed by atoms with Crippen molar-refractivity contribution in [2.24, 2.45) is 5.73 Å². The van der Waals surface area contributed by atoms with E-state index in [2.05, 4.69) is 5.32 Å². The second-order valence-electron chi connectivity index (χ2n) is 5.83. The van der Waals surface area contributed by atoms with Gasteiger partial charge in [-0.2, -0.15) is 0 Å². The topological polar surface area (TPSA) is 82.8 Å². The number of carbonyl (C=O) groups excluding carboxylic acids is 1. The number of rotatable bonds is 10. The molecule has 26 heavy (non-hydrogen) atoms. The molecule has 0 bridgehead atoms. The molecule has 0 aliphatic carbocycles. The summed E-state index contributed by atoms with van der Waals surface area (Å²) in [5.41, 5.74) is 7.53. The van der Waals surface area contributed by atoms with E-state index in [0.29, 0.717) is 31.2 Å². The number of hydrogen-bond donors (Lipinski definition) is 2. The molecule has 140 valence electrons. The zero-order valence-electron chi connectivity index (χ0n) is 15.2. The lowest BCUT2D eigenvalue weighted by Gasteiger charge is -2.14. The summed E-state index contributed by atoms with van der Waals surface area (Å²) in [5.74, 6) is 1.18. The number of benzene rings is 2. The maximum Gasteiger partial charge on any atom is 0.222 e. The zero-order valence-corrected chi connectivity index (χ0v) is 15.2. The van der Waals surface area contributed by atoms with Crippen molar-refractivity contribution in [2.45, 2.75) is 25.7 Å². The van der Waals surface area contributed by atoms with Crippen molar-refractivity contribution in [3.05, 3.63) is 59.7 Å². The summed E-state index contributed by atoms with van der Waals surface area (Å²) in [5, 5.41) is 2.86. The molecule has 2 aromatic carbocycles. The van der Waals surface area contributed by atoms with Crippen LogP contribution in [0, 0.1) is 0 Å². The van der Waals surface area contributed by atoms with Crippen LogP contribution in [0.25, 0.3) is 0 Å². The summed E-state index contributed by atoms with van der Waals surface area (Å²) in [6, 6.07) is 15.5. The summed E-state index contributed by atoms with van der Waals surface area (Å²) < 4.78 is 16.4. The van der Waals surface area contributed by atoms with Gasteiger partial charge in [0.1, 0.15) is 6.61 Å². The fourth-order valence-corrected chi connectivity index (χ4v) is 2.42. The quantitative estimate of drug-likeness (QED) is 0.681. The Morgan fingerprint density at radius 2 is 1.85 bits per heavy atom. The average molecular weight is 358 g/mol. The molecule has 0 saturated carbocycles. The summed E-state index contributed by atoms with van der Waals surface area (Å²) >= 11 is 0. The highest BCUT2D eigenvalue weighted by molar-refractivity contribution is 5.76. The predicted molar refractivity (Wildman–Crippen MR) is 100 cm³/mol. The van der Waals surface area contributed by atoms with Crippen molar-refractivity contribution in [3.8, 4) is 11.5 Å². The number of ether oxygens (including phenoxy) is 3. The van der Waals surface area contributed by atoms with Gasteiger partial charge < -0.3 is 25.3 Å². The van der Waals surface area contributed by atoms with Gasteiger partial charge in [-0.25, -0.2) is 0 Å². The molecule has 1 unspecified atom stereocenters. The lowest BCUT2D eigenvalue weighted by atomic mass is 10.2. The normalized spacial score (nSPS) is 11.7. The predicted octanol–water partition coefficient (Wildman–Crippen LogP) is 2.25. The van der Waals surface area contributed by atoms with Gasteiger partial charge in [0.2, 0.25) is 5.91 Å². The van der Waals surface area contributed by atoms with Crippen LogP contribution in [-0.4, -0.2) is 32.8 Å². The Kier molecular flexibility index (Phi) is 7.92. The van der Waals surface area contributed by atoms with E-state index in [1.807, 2.05) is 48.5 Å². The Hall–Kier alpha value is -2.57. The number of carbonyl (C=O) groups is 1. The Morgan fingerprint density at radius 1 is 1.08 bits per heavy atom. The highest BCUT2D eigenvalue weighted by Crippen LogP contribution is 2.28. The number of hydrogen-bond acceptors (Lipinski definition) is 5. The number of nitrogens with one attached hydrogen (secondary N) is 1.